The molecule has 0 saturated carbocycles. The van der Waals surface area contributed by atoms with Crippen molar-refractivity contribution in [3.8, 4) is 17.4 Å². The van der Waals surface area contributed by atoms with Gasteiger partial charge in [0.05, 0.1) is 7.11 Å². The van der Waals surface area contributed by atoms with Crippen LogP contribution in [0.15, 0.2) is 59.7 Å². The third kappa shape index (κ3) is 5.15. The largest absolute Gasteiger partial charge is 0.497 e. The van der Waals surface area contributed by atoms with Gasteiger partial charge in [0.15, 0.2) is 30.6 Å². The third-order valence-electron chi connectivity index (χ3n) is 5.10. The van der Waals surface area contributed by atoms with E-state index in [1.54, 1.807) is 30.3 Å². The molecule has 4 aromatic rings. The highest BCUT2D eigenvalue weighted by atomic mass is 19.1. The topological polar surface area (TPSA) is 180 Å². The molecule has 0 fully saturated rings. The molecule has 2 aromatic heterocycles. The number of ether oxygens (including phenoxy) is 2. The Hall–Kier alpha value is -4.78. The van der Waals surface area contributed by atoms with Gasteiger partial charge in [0.25, 0.3) is 5.95 Å². The maximum absolute atomic E-state index is 15.7. The first kappa shape index (κ1) is 24.3. The summed E-state index contributed by atoms with van der Waals surface area (Å²) in [7, 11) is 1.43. The molecule has 0 aliphatic heterocycles. The van der Waals surface area contributed by atoms with Crippen molar-refractivity contribution in [3.63, 3.8) is 0 Å². The summed E-state index contributed by atoms with van der Waals surface area (Å²) >= 11 is 0. The van der Waals surface area contributed by atoms with Gasteiger partial charge in [0, 0.05) is 35.3 Å². The van der Waals surface area contributed by atoms with Gasteiger partial charge >= 0.3 is 5.69 Å². The van der Waals surface area contributed by atoms with Crippen LogP contribution in [-0.4, -0.2) is 56.0 Å². The Balaban J connectivity index is 1.84. The van der Waals surface area contributed by atoms with Crippen LogP contribution in [-0.2, 0) is 0 Å². The summed E-state index contributed by atoms with van der Waals surface area (Å²) in [6.07, 6.45) is 2.93. The number of hydrogen-bond acceptors (Lipinski definition) is 8. The van der Waals surface area contributed by atoms with E-state index in [1.165, 1.54) is 31.6 Å². The zero-order chi connectivity index (χ0) is 25.7. The number of rotatable bonds is 10. The predicted molar refractivity (Wildman–Crippen MR) is 130 cm³/mol. The minimum atomic E-state index is -1.01. The van der Waals surface area contributed by atoms with Crippen LogP contribution in [0.25, 0.3) is 5.95 Å². The Bertz CT molecular complexity index is 1410. The van der Waals surface area contributed by atoms with E-state index in [9.17, 15) is 4.79 Å². The zero-order valence-electron chi connectivity index (χ0n) is 19.2. The van der Waals surface area contributed by atoms with Gasteiger partial charge in [-0.15, -0.1) is 9.78 Å². The van der Waals surface area contributed by atoms with E-state index >= 15 is 4.39 Å². The second kappa shape index (κ2) is 10.7. The van der Waals surface area contributed by atoms with E-state index in [2.05, 4.69) is 25.4 Å². The first-order chi connectivity index (χ1) is 17.4. The Morgan fingerprint density at radius 1 is 1.28 bits per heavy atom. The van der Waals surface area contributed by atoms with Crippen molar-refractivity contribution in [2.75, 3.05) is 25.6 Å². The minimum absolute atomic E-state index is 0.0229. The fourth-order valence-electron chi connectivity index (χ4n) is 3.40. The highest BCUT2D eigenvalue weighted by molar-refractivity contribution is 5.95. The van der Waals surface area contributed by atoms with Crippen LogP contribution in [0.2, 0.25) is 0 Å². The molecular formula is C23H24FN8O4+. The molecule has 0 aliphatic carbocycles. The third-order valence-corrected chi connectivity index (χ3v) is 5.10. The molecule has 13 heteroatoms. The smallest absolute Gasteiger partial charge is 0.350 e. The molecular weight excluding hydrogens is 471 g/mol. The molecule has 0 amide bonds. The molecule has 7 N–H and O–H groups in total. The van der Waals surface area contributed by atoms with Crippen LogP contribution in [0.1, 0.15) is 23.0 Å². The average molecular weight is 495 g/mol. The van der Waals surface area contributed by atoms with Crippen molar-refractivity contribution < 1.29 is 19.0 Å². The molecule has 1 unspecified atom stereocenters. The lowest BCUT2D eigenvalue weighted by atomic mass is 10.0. The molecule has 0 radical (unpaired) electrons. The van der Waals surface area contributed by atoms with Crippen LogP contribution in [0, 0.1) is 11.2 Å². The number of nitrogens with one attached hydrogen (secondary N) is 3. The van der Waals surface area contributed by atoms with Crippen molar-refractivity contribution in [1.29, 1.82) is 5.41 Å². The number of amidine groups is 1. The van der Waals surface area contributed by atoms with Gasteiger partial charge in [0.1, 0.15) is 17.6 Å². The van der Waals surface area contributed by atoms with Crippen molar-refractivity contribution in [1.82, 2.24) is 24.7 Å². The SMILES string of the molecule is COc1cc(OCC[OH2+])c(F)c(C(Nc2ccc(C(=N)N)cc2)c2nn(-c3ncccn3)c(=O)[nH]2)c1. The fourth-order valence-corrected chi connectivity index (χ4v) is 3.40. The molecule has 2 heterocycles. The van der Waals surface area contributed by atoms with E-state index in [-0.39, 0.29) is 42.1 Å². The van der Waals surface area contributed by atoms with E-state index < -0.39 is 17.5 Å². The number of nitrogens with two attached hydrogens (primary N) is 1. The maximum Gasteiger partial charge on any atom is 0.350 e. The maximum atomic E-state index is 15.7. The molecule has 36 heavy (non-hydrogen) atoms. The summed E-state index contributed by atoms with van der Waals surface area (Å²) in [6.45, 7) is -0.0874. The number of hydrogen-bond donors (Lipinski definition) is 4. The van der Waals surface area contributed by atoms with Crippen LogP contribution in [0.4, 0.5) is 10.1 Å². The number of nitrogen functional groups attached to an aromatic ring is 1. The summed E-state index contributed by atoms with van der Waals surface area (Å²) in [5, 5.41) is 22.4. The normalized spacial score (nSPS) is 11.6. The van der Waals surface area contributed by atoms with Crippen LogP contribution in [0.5, 0.6) is 11.5 Å². The molecule has 186 valence electrons. The zero-order valence-corrected chi connectivity index (χ0v) is 19.2. The van der Waals surface area contributed by atoms with Gasteiger partial charge in [-0.05, 0) is 36.4 Å². The van der Waals surface area contributed by atoms with Gasteiger partial charge in [-0.1, -0.05) is 0 Å². The van der Waals surface area contributed by atoms with E-state index in [0.29, 0.717) is 17.0 Å². The van der Waals surface area contributed by atoms with Crippen LogP contribution in [0.3, 0.4) is 0 Å². The standard InChI is InChI=1S/C23H23FN8O4/c1-35-15-11-16(18(24)17(12-15)36-10-9-33)19(29-14-5-3-13(4-6-14)20(25)26)21-30-23(34)32(31-21)22-27-7-2-8-28-22/h2-8,11-12,19,29,33H,9-10H2,1H3,(H3,25,26)(H,30,31,34)/p+1. The van der Waals surface area contributed by atoms with Gasteiger partial charge in [-0.3, -0.25) is 10.4 Å². The first-order valence-electron chi connectivity index (χ1n) is 10.7. The molecule has 0 aliphatic rings. The van der Waals surface area contributed by atoms with Gasteiger partial charge in [-0.25, -0.2) is 19.2 Å². The lowest BCUT2D eigenvalue weighted by Crippen LogP contribution is -2.18. The molecule has 0 bridgehead atoms. The van der Waals surface area contributed by atoms with E-state index in [4.69, 9.17) is 25.7 Å². The molecule has 12 nitrogen and oxygen atoms in total. The lowest BCUT2D eigenvalue weighted by Gasteiger charge is -2.21. The van der Waals surface area contributed by atoms with Crippen LogP contribution < -0.4 is 26.2 Å². The molecule has 1 atom stereocenters. The number of aromatic amines is 1. The quantitative estimate of drug-likeness (QED) is 0.143. The predicted octanol–water partition coefficient (Wildman–Crippen LogP) is 1.09. The molecule has 0 spiro atoms. The van der Waals surface area contributed by atoms with Crippen LogP contribution >= 0.6 is 0 Å². The highest BCUT2D eigenvalue weighted by Gasteiger charge is 2.27. The Kier molecular flexibility index (Phi) is 7.20. The molecule has 4 rings (SSSR count). The Morgan fingerprint density at radius 3 is 2.64 bits per heavy atom. The minimum Gasteiger partial charge on any atom is -0.497 e. The van der Waals surface area contributed by atoms with Gasteiger partial charge in [-0.2, -0.15) is 0 Å². The monoisotopic (exact) mass is 495 g/mol. The fraction of sp³-hybridized carbons (Fsp3) is 0.174. The van der Waals surface area contributed by atoms with Crippen molar-refractivity contribution in [2.45, 2.75) is 6.04 Å². The average Bonchev–Trinajstić information content (AvgIpc) is 3.28. The number of methoxy groups -OCH3 is 1. The second-order valence-corrected chi connectivity index (χ2v) is 7.47. The van der Waals surface area contributed by atoms with Gasteiger partial charge in [0.2, 0.25) is 0 Å². The summed E-state index contributed by atoms with van der Waals surface area (Å²) in [6, 6.07) is 10.0. The number of nitrogens with zero attached hydrogens (tertiary/aromatic N) is 4. The number of anilines is 1. The van der Waals surface area contributed by atoms with Crippen molar-refractivity contribution in [3.05, 3.63) is 88.1 Å². The summed E-state index contributed by atoms with van der Waals surface area (Å²) < 4.78 is 27.4. The Morgan fingerprint density at radius 2 is 2.00 bits per heavy atom. The van der Waals surface area contributed by atoms with E-state index in [1.807, 2.05) is 0 Å². The number of halogens is 1. The second-order valence-electron chi connectivity index (χ2n) is 7.47. The number of aromatic nitrogens is 5. The summed E-state index contributed by atoms with van der Waals surface area (Å²) in [5.74, 6) is -0.504. The van der Waals surface area contributed by atoms with Crippen molar-refractivity contribution >= 4 is 11.5 Å². The number of benzene rings is 2. The number of H-pyrrole nitrogens is 1. The molecule has 0 saturated heterocycles. The van der Waals surface area contributed by atoms with Crippen molar-refractivity contribution in [2.24, 2.45) is 5.73 Å². The lowest BCUT2D eigenvalue weighted by molar-refractivity contribution is 0.195. The highest BCUT2D eigenvalue weighted by Crippen LogP contribution is 2.34. The summed E-state index contributed by atoms with van der Waals surface area (Å²) in [4.78, 5) is 23.4. The molecule has 2 aromatic carbocycles. The summed E-state index contributed by atoms with van der Waals surface area (Å²) in [5.41, 5.74) is 6.03. The Labute approximate surface area is 204 Å². The van der Waals surface area contributed by atoms with Gasteiger partial charge < -0.3 is 25.6 Å². The first-order valence-corrected chi connectivity index (χ1v) is 10.7. The van der Waals surface area contributed by atoms with E-state index in [0.717, 1.165) is 4.68 Å².